The molecular weight excluding hydrogens is 378 g/mol. The molecule has 1 amide bonds. The van der Waals surface area contributed by atoms with Gasteiger partial charge in [-0.1, -0.05) is 25.3 Å². The van der Waals surface area contributed by atoms with Crippen LogP contribution < -0.4 is 5.32 Å². The van der Waals surface area contributed by atoms with Gasteiger partial charge in [0, 0.05) is 35.5 Å². The van der Waals surface area contributed by atoms with Gasteiger partial charge in [-0.2, -0.15) is 0 Å². The fourth-order valence-corrected chi connectivity index (χ4v) is 6.94. The van der Waals surface area contributed by atoms with E-state index in [0.29, 0.717) is 16.5 Å². The zero-order chi connectivity index (χ0) is 19.0. The second-order valence-electron chi connectivity index (χ2n) is 7.59. The van der Waals surface area contributed by atoms with Gasteiger partial charge >= 0.3 is 0 Å². The van der Waals surface area contributed by atoms with Crippen LogP contribution in [0.25, 0.3) is 10.4 Å². The summed E-state index contributed by atoms with van der Waals surface area (Å²) in [6, 6.07) is 5.43. The molecule has 2 aliphatic rings. The molecule has 1 unspecified atom stereocenters. The van der Waals surface area contributed by atoms with E-state index in [4.69, 9.17) is 4.78 Å². The number of benzene rings is 1. The summed E-state index contributed by atoms with van der Waals surface area (Å²) in [6.45, 7) is 1.45. The van der Waals surface area contributed by atoms with Crippen molar-refractivity contribution in [2.75, 3.05) is 5.32 Å². The molecule has 27 heavy (non-hydrogen) atoms. The van der Waals surface area contributed by atoms with Gasteiger partial charge < -0.3 is 5.32 Å². The van der Waals surface area contributed by atoms with Crippen molar-refractivity contribution in [2.24, 2.45) is 0 Å². The van der Waals surface area contributed by atoms with Gasteiger partial charge in [0.05, 0.1) is 24.5 Å². The molecule has 2 aliphatic carbocycles. The van der Waals surface area contributed by atoms with E-state index in [9.17, 15) is 9.00 Å². The van der Waals surface area contributed by atoms with Gasteiger partial charge in [0.15, 0.2) is 0 Å². The highest BCUT2D eigenvalue weighted by molar-refractivity contribution is 7.93. The topological polar surface area (TPSA) is 82.9 Å². The maximum Gasteiger partial charge on any atom is 0.221 e. The van der Waals surface area contributed by atoms with E-state index in [1.165, 1.54) is 39.0 Å². The summed E-state index contributed by atoms with van der Waals surface area (Å²) >= 11 is 1.67. The number of amides is 1. The van der Waals surface area contributed by atoms with Crippen molar-refractivity contribution in [3.8, 4) is 10.4 Å². The molecule has 1 heterocycles. The lowest BCUT2D eigenvalue weighted by Crippen LogP contribution is -2.10. The standard InChI is InChI=1S/C20H25N3O2S2/c1-13(24)23-15-7-10-17(19(11-15)27(21,25)16-8-9-16)18-12-22-20(26-18)14-5-3-2-4-6-14/h7,10-12,14,16,21H,2-6,8-9H2,1H3,(H,23,24). The molecule has 1 aromatic heterocycles. The summed E-state index contributed by atoms with van der Waals surface area (Å²) in [7, 11) is -2.89. The third-order valence-corrected chi connectivity index (χ3v) is 8.96. The lowest BCUT2D eigenvalue weighted by molar-refractivity contribution is -0.114. The Morgan fingerprint density at radius 2 is 1.96 bits per heavy atom. The number of hydrogen-bond donors (Lipinski definition) is 2. The average molecular weight is 404 g/mol. The van der Waals surface area contributed by atoms with Gasteiger partial charge in [0.2, 0.25) is 5.91 Å². The van der Waals surface area contributed by atoms with Gasteiger partial charge in [0.1, 0.15) is 0 Å². The van der Waals surface area contributed by atoms with E-state index in [0.717, 1.165) is 28.3 Å². The van der Waals surface area contributed by atoms with Gasteiger partial charge in [-0.3, -0.25) is 4.79 Å². The molecule has 1 atom stereocenters. The molecule has 1 aromatic carbocycles. The van der Waals surface area contributed by atoms with E-state index < -0.39 is 9.73 Å². The first-order valence-electron chi connectivity index (χ1n) is 9.60. The second kappa shape index (κ2) is 7.36. The molecule has 5 nitrogen and oxygen atoms in total. The Hall–Kier alpha value is -1.73. The van der Waals surface area contributed by atoms with Crippen LogP contribution in [0.2, 0.25) is 0 Å². The van der Waals surface area contributed by atoms with Crippen molar-refractivity contribution in [3.63, 3.8) is 0 Å². The smallest absolute Gasteiger partial charge is 0.221 e. The van der Waals surface area contributed by atoms with Crippen molar-refractivity contribution < 1.29 is 9.00 Å². The van der Waals surface area contributed by atoms with Gasteiger partial charge in [-0.15, -0.1) is 11.3 Å². The average Bonchev–Trinajstić information content (AvgIpc) is 3.40. The first-order chi connectivity index (χ1) is 12.9. The van der Waals surface area contributed by atoms with Gasteiger partial charge in [-0.25, -0.2) is 14.0 Å². The summed E-state index contributed by atoms with van der Waals surface area (Å²) < 4.78 is 21.8. The summed E-state index contributed by atoms with van der Waals surface area (Å²) in [5, 5.41) is 3.83. The van der Waals surface area contributed by atoms with E-state index in [1.807, 2.05) is 18.3 Å². The Morgan fingerprint density at radius 3 is 2.63 bits per heavy atom. The van der Waals surface area contributed by atoms with Crippen LogP contribution in [0.5, 0.6) is 0 Å². The zero-order valence-corrected chi connectivity index (χ0v) is 17.1. The molecule has 144 valence electrons. The number of anilines is 1. The highest BCUT2D eigenvalue weighted by Crippen LogP contribution is 2.43. The molecule has 2 aromatic rings. The minimum absolute atomic E-state index is 0.0745. The third kappa shape index (κ3) is 3.94. The van der Waals surface area contributed by atoms with Crippen LogP contribution in [0.15, 0.2) is 29.3 Å². The molecule has 2 N–H and O–H groups in total. The number of aromatic nitrogens is 1. The monoisotopic (exact) mass is 403 g/mol. The molecular formula is C20H25N3O2S2. The van der Waals surface area contributed by atoms with E-state index in [2.05, 4.69) is 10.3 Å². The highest BCUT2D eigenvalue weighted by atomic mass is 32.2. The predicted octanol–water partition coefficient (Wildman–Crippen LogP) is 5.38. The van der Waals surface area contributed by atoms with Crippen molar-refractivity contribution >= 4 is 32.7 Å². The molecule has 0 radical (unpaired) electrons. The quantitative estimate of drug-likeness (QED) is 0.702. The zero-order valence-electron chi connectivity index (χ0n) is 15.5. The first kappa shape index (κ1) is 18.6. The number of hydrogen-bond acceptors (Lipinski definition) is 5. The maximum atomic E-state index is 13.2. The van der Waals surface area contributed by atoms with Crippen molar-refractivity contribution in [2.45, 2.75) is 67.9 Å². The number of thiazole rings is 1. The Balaban J connectivity index is 1.73. The third-order valence-electron chi connectivity index (χ3n) is 5.37. The molecule has 2 saturated carbocycles. The summed E-state index contributed by atoms with van der Waals surface area (Å²) in [5.74, 6) is 0.359. The SMILES string of the molecule is CC(=O)Nc1ccc(-c2cnc(C3CCCCC3)s2)c(S(=N)(=O)C2CC2)c1. The van der Waals surface area contributed by atoms with Crippen LogP contribution >= 0.6 is 11.3 Å². The van der Waals surface area contributed by atoms with Crippen molar-refractivity contribution in [1.82, 2.24) is 4.98 Å². The molecule has 0 bridgehead atoms. The predicted molar refractivity (Wildman–Crippen MR) is 110 cm³/mol. The van der Waals surface area contributed by atoms with E-state index in [-0.39, 0.29) is 11.2 Å². The van der Waals surface area contributed by atoms with Crippen LogP contribution in [-0.2, 0) is 14.5 Å². The van der Waals surface area contributed by atoms with Crippen molar-refractivity contribution in [3.05, 3.63) is 29.4 Å². The largest absolute Gasteiger partial charge is 0.326 e. The lowest BCUT2D eigenvalue weighted by atomic mass is 9.90. The van der Waals surface area contributed by atoms with Gasteiger partial charge in [0.25, 0.3) is 0 Å². The van der Waals surface area contributed by atoms with Crippen LogP contribution in [0.1, 0.15) is 62.8 Å². The van der Waals surface area contributed by atoms with Crippen LogP contribution in [0.3, 0.4) is 0 Å². The Kier molecular flexibility index (Phi) is 5.07. The summed E-state index contributed by atoms with van der Waals surface area (Å²) in [6.07, 6.45) is 9.76. The molecule has 0 saturated heterocycles. The fourth-order valence-electron chi connectivity index (χ4n) is 3.79. The first-order valence-corrected chi connectivity index (χ1v) is 12.0. The van der Waals surface area contributed by atoms with E-state index in [1.54, 1.807) is 17.4 Å². The maximum absolute atomic E-state index is 13.2. The number of nitrogens with zero attached hydrogens (tertiary/aromatic N) is 1. The molecule has 4 rings (SSSR count). The molecule has 2 fully saturated rings. The minimum atomic E-state index is -2.89. The van der Waals surface area contributed by atoms with Gasteiger partial charge in [-0.05, 0) is 37.8 Å². The second-order valence-corrected chi connectivity index (χ2v) is 11.0. The van der Waals surface area contributed by atoms with Crippen LogP contribution in [-0.4, -0.2) is 20.3 Å². The fraction of sp³-hybridized carbons (Fsp3) is 0.500. The minimum Gasteiger partial charge on any atom is -0.326 e. The summed E-state index contributed by atoms with van der Waals surface area (Å²) in [5.41, 5.74) is 1.43. The molecule has 0 spiro atoms. The molecule has 7 heteroatoms. The Morgan fingerprint density at radius 1 is 1.22 bits per heavy atom. The van der Waals surface area contributed by atoms with E-state index >= 15 is 0 Å². The summed E-state index contributed by atoms with van der Waals surface area (Å²) in [4.78, 5) is 17.6. The Labute approximate surface area is 164 Å². The van der Waals surface area contributed by atoms with Crippen LogP contribution in [0, 0.1) is 4.78 Å². The lowest BCUT2D eigenvalue weighted by Gasteiger charge is -2.19. The normalized spacial score (nSPS) is 20.2. The number of carbonyl (C=O) groups excluding carboxylic acids is 1. The number of nitrogens with one attached hydrogen (secondary N) is 2. The number of rotatable bonds is 5. The van der Waals surface area contributed by atoms with Crippen molar-refractivity contribution in [1.29, 1.82) is 4.78 Å². The molecule has 0 aliphatic heterocycles. The Bertz CT molecular complexity index is 955. The highest BCUT2D eigenvalue weighted by Gasteiger charge is 2.35. The van der Waals surface area contributed by atoms with Crippen LogP contribution in [0.4, 0.5) is 5.69 Å². The number of carbonyl (C=O) groups is 1.